The van der Waals surface area contributed by atoms with Crippen molar-refractivity contribution in [3.63, 3.8) is 0 Å². The first-order valence-electron chi connectivity index (χ1n) is 8.15. The number of aromatic nitrogens is 2. The van der Waals surface area contributed by atoms with Crippen molar-refractivity contribution < 1.29 is 9.15 Å². The lowest BCUT2D eigenvalue weighted by Gasteiger charge is -2.40. The van der Waals surface area contributed by atoms with Crippen LogP contribution in [0.3, 0.4) is 0 Å². The van der Waals surface area contributed by atoms with E-state index in [0.29, 0.717) is 18.5 Å². The Kier molecular flexibility index (Phi) is 2.62. The standard InChI is InChI=1S/C17H19N3O2/c1-2-4-14-12(3-1)7-8-17(14)11-20(9-10-21-17)16-19-18-15(22-16)13-5-6-13/h1-4,13H,5-11H2. The van der Waals surface area contributed by atoms with E-state index in [4.69, 9.17) is 9.15 Å². The summed E-state index contributed by atoms with van der Waals surface area (Å²) < 4.78 is 12.1. The van der Waals surface area contributed by atoms with Crippen LogP contribution in [-0.2, 0) is 16.8 Å². The highest BCUT2D eigenvalue weighted by Crippen LogP contribution is 2.44. The molecule has 0 bridgehead atoms. The molecule has 1 aliphatic heterocycles. The van der Waals surface area contributed by atoms with E-state index in [2.05, 4.69) is 39.4 Å². The van der Waals surface area contributed by atoms with Gasteiger partial charge in [-0.3, -0.25) is 0 Å². The van der Waals surface area contributed by atoms with Crippen LogP contribution >= 0.6 is 0 Å². The van der Waals surface area contributed by atoms with Gasteiger partial charge >= 0.3 is 6.01 Å². The molecule has 2 aromatic rings. The Morgan fingerprint density at radius 2 is 2.09 bits per heavy atom. The third kappa shape index (κ3) is 1.88. The molecule has 5 heteroatoms. The molecular formula is C17H19N3O2. The Labute approximate surface area is 129 Å². The average molecular weight is 297 g/mol. The van der Waals surface area contributed by atoms with Crippen molar-refractivity contribution in [2.75, 3.05) is 24.6 Å². The second-order valence-electron chi connectivity index (χ2n) is 6.62. The number of hydrogen-bond acceptors (Lipinski definition) is 5. The van der Waals surface area contributed by atoms with E-state index in [1.807, 2.05) is 0 Å². The molecule has 1 spiro atoms. The summed E-state index contributed by atoms with van der Waals surface area (Å²) in [6.07, 6.45) is 4.48. The van der Waals surface area contributed by atoms with Gasteiger partial charge < -0.3 is 14.1 Å². The van der Waals surface area contributed by atoms with Gasteiger partial charge in [0, 0.05) is 12.5 Å². The van der Waals surface area contributed by atoms with E-state index in [0.717, 1.165) is 31.8 Å². The minimum absolute atomic E-state index is 0.205. The molecule has 1 aromatic heterocycles. The van der Waals surface area contributed by atoms with Gasteiger partial charge in [-0.05, 0) is 36.8 Å². The molecule has 0 N–H and O–H groups in total. The van der Waals surface area contributed by atoms with Crippen LogP contribution in [0.25, 0.3) is 0 Å². The van der Waals surface area contributed by atoms with Gasteiger partial charge in [0.1, 0.15) is 5.60 Å². The molecule has 2 aliphatic carbocycles. The van der Waals surface area contributed by atoms with Gasteiger partial charge in [0.05, 0.1) is 13.2 Å². The number of hydrogen-bond donors (Lipinski definition) is 0. The highest BCUT2D eigenvalue weighted by molar-refractivity contribution is 5.41. The van der Waals surface area contributed by atoms with Crippen molar-refractivity contribution in [2.24, 2.45) is 0 Å². The molecule has 0 radical (unpaired) electrons. The Bertz CT molecular complexity index is 705. The van der Waals surface area contributed by atoms with Gasteiger partial charge in [0.15, 0.2) is 0 Å². The van der Waals surface area contributed by atoms with Gasteiger partial charge in [-0.2, -0.15) is 0 Å². The zero-order chi connectivity index (χ0) is 14.6. The van der Waals surface area contributed by atoms with Crippen molar-refractivity contribution in [1.82, 2.24) is 10.2 Å². The van der Waals surface area contributed by atoms with Crippen molar-refractivity contribution in [1.29, 1.82) is 0 Å². The number of anilines is 1. The third-order valence-electron chi connectivity index (χ3n) is 5.12. The molecule has 2 heterocycles. The molecule has 5 nitrogen and oxygen atoms in total. The first-order chi connectivity index (χ1) is 10.8. The summed E-state index contributed by atoms with van der Waals surface area (Å²) in [6.45, 7) is 2.32. The summed E-state index contributed by atoms with van der Waals surface area (Å²) in [5.74, 6) is 1.31. The lowest BCUT2D eigenvalue weighted by atomic mass is 9.94. The molecule has 22 heavy (non-hydrogen) atoms. The fourth-order valence-electron chi connectivity index (χ4n) is 3.77. The van der Waals surface area contributed by atoms with Gasteiger partial charge in [-0.15, -0.1) is 5.10 Å². The number of benzene rings is 1. The molecule has 114 valence electrons. The number of morpholine rings is 1. The molecule has 1 saturated carbocycles. The van der Waals surface area contributed by atoms with E-state index < -0.39 is 0 Å². The Morgan fingerprint density at radius 3 is 3.00 bits per heavy atom. The molecule has 1 aromatic carbocycles. The van der Waals surface area contributed by atoms with Crippen LogP contribution < -0.4 is 4.90 Å². The molecule has 1 atom stereocenters. The van der Waals surface area contributed by atoms with Crippen molar-refractivity contribution >= 4 is 6.01 Å². The maximum absolute atomic E-state index is 6.24. The smallest absolute Gasteiger partial charge is 0.318 e. The summed E-state index contributed by atoms with van der Waals surface area (Å²) in [6, 6.07) is 9.29. The summed E-state index contributed by atoms with van der Waals surface area (Å²) in [5.41, 5.74) is 2.54. The predicted octanol–water partition coefficient (Wildman–Crippen LogP) is 2.63. The second-order valence-corrected chi connectivity index (χ2v) is 6.62. The Hall–Kier alpha value is -1.88. The molecule has 2 fully saturated rings. The van der Waals surface area contributed by atoms with Crippen LogP contribution in [0.4, 0.5) is 6.01 Å². The molecular weight excluding hydrogens is 278 g/mol. The lowest BCUT2D eigenvalue weighted by molar-refractivity contribution is -0.0604. The van der Waals surface area contributed by atoms with Gasteiger partial charge in [-0.1, -0.05) is 29.4 Å². The third-order valence-corrected chi connectivity index (χ3v) is 5.12. The van der Waals surface area contributed by atoms with Crippen LogP contribution in [0.15, 0.2) is 28.7 Å². The van der Waals surface area contributed by atoms with E-state index in [9.17, 15) is 0 Å². The van der Waals surface area contributed by atoms with E-state index in [1.54, 1.807) is 0 Å². The maximum atomic E-state index is 6.24. The molecule has 1 saturated heterocycles. The van der Waals surface area contributed by atoms with Crippen molar-refractivity contribution in [3.05, 3.63) is 41.3 Å². The maximum Gasteiger partial charge on any atom is 0.318 e. The summed E-state index contributed by atoms with van der Waals surface area (Å²) in [4.78, 5) is 2.20. The van der Waals surface area contributed by atoms with Gasteiger partial charge in [-0.25, -0.2) is 0 Å². The second kappa shape index (κ2) is 4.56. The number of ether oxygens (including phenoxy) is 1. The minimum Gasteiger partial charge on any atom is -0.408 e. The molecule has 1 unspecified atom stereocenters. The predicted molar refractivity (Wildman–Crippen MR) is 80.9 cm³/mol. The van der Waals surface area contributed by atoms with E-state index in [-0.39, 0.29) is 5.60 Å². The summed E-state index contributed by atoms with van der Waals surface area (Å²) in [7, 11) is 0. The van der Waals surface area contributed by atoms with Crippen molar-refractivity contribution in [3.8, 4) is 0 Å². The number of rotatable bonds is 2. The van der Waals surface area contributed by atoms with Gasteiger partial charge in [0.25, 0.3) is 0 Å². The quantitative estimate of drug-likeness (QED) is 0.853. The zero-order valence-corrected chi connectivity index (χ0v) is 12.5. The largest absolute Gasteiger partial charge is 0.408 e. The lowest BCUT2D eigenvalue weighted by Crippen LogP contribution is -2.49. The van der Waals surface area contributed by atoms with Gasteiger partial charge in [0.2, 0.25) is 5.89 Å². The average Bonchev–Trinajstić information content (AvgIpc) is 3.20. The fourth-order valence-corrected chi connectivity index (χ4v) is 3.77. The van der Waals surface area contributed by atoms with Crippen LogP contribution in [0, 0.1) is 0 Å². The molecule has 3 aliphatic rings. The molecule has 0 amide bonds. The first-order valence-corrected chi connectivity index (χ1v) is 8.15. The highest BCUT2D eigenvalue weighted by atomic mass is 16.5. The minimum atomic E-state index is -0.205. The Balaban J connectivity index is 1.45. The monoisotopic (exact) mass is 297 g/mol. The van der Waals surface area contributed by atoms with Crippen LogP contribution in [0.2, 0.25) is 0 Å². The summed E-state index contributed by atoms with van der Waals surface area (Å²) >= 11 is 0. The molecule has 5 rings (SSSR count). The van der Waals surface area contributed by atoms with E-state index in [1.165, 1.54) is 24.0 Å². The zero-order valence-electron chi connectivity index (χ0n) is 12.5. The summed E-state index contributed by atoms with van der Waals surface area (Å²) in [5, 5.41) is 8.48. The first kappa shape index (κ1) is 12.6. The fraction of sp³-hybridized carbons (Fsp3) is 0.529. The normalized spacial score (nSPS) is 27.4. The Morgan fingerprint density at radius 1 is 1.18 bits per heavy atom. The van der Waals surface area contributed by atoms with E-state index >= 15 is 0 Å². The number of aryl methyl sites for hydroxylation is 1. The number of fused-ring (bicyclic) bond motifs is 2. The van der Waals surface area contributed by atoms with Crippen LogP contribution in [0.1, 0.15) is 42.2 Å². The highest BCUT2D eigenvalue weighted by Gasteiger charge is 2.44. The van der Waals surface area contributed by atoms with Crippen LogP contribution in [-0.4, -0.2) is 29.9 Å². The van der Waals surface area contributed by atoms with Crippen molar-refractivity contribution in [2.45, 2.75) is 37.2 Å². The topological polar surface area (TPSA) is 51.4 Å². The number of nitrogens with zero attached hydrogens (tertiary/aromatic N) is 3. The van der Waals surface area contributed by atoms with Crippen LogP contribution in [0.5, 0.6) is 0 Å². The SMILES string of the molecule is c1ccc2c(c1)CCC21CN(c2nnc(C3CC3)o2)CCO1.